The third-order valence-corrected chi connectivity index (χ3v) is 3.84. The van der Waals surface area contributed by atoms with Gasteiger partial charge in [0.1, 0.15) is 0 Å². The first-order chi connectivity index (χ1) is 11.9. The van der Waals surface area contributed by atoms with Crippen molar-refractivity contribution in [3.8, 4) is 0 Å². The van der Waals surface area contributed by atoms with Crippen molar-refractivity contribution in [1.82, 2.24) is 5.32 Å². The first-order valence-corrected chi connectivity index (χ1v) is 8.22. The molecule has 3 aromatic carbocycles. The minimum Gasteiger partial charge on any atom is -0.302 e. The van der Waals surface area contributed by atoms with E-state index in [0.29, 0.717) is 0 Å². The molecule has 1 unspecified atom stereocenters. The van der Waals surface area contributed by atoms with Crippen LogP contribution in [0.4, 0.5) is 0 Å². The summed E-state index contributed by atoms with van der Waals surface area (Å²) in [4.78, 5) is 0. The lowest BCUT2D eigenvalue weighted by atomic mass is 10.1. The lowest BCUT2D eigenvalue weighted by Gasteiger charge is -2.15. The van der Waals surface area contributed by atoms with Crippen molar-refractivity contribution in [3.63, 3.8) is 0 Å². The third kappa shape index (κ3) is 4.82. The highest BCUT2D eigenvalue weighted by Crippen LogP contribution is 2.15. The van der Waals surface area contributed by atoms with Crippen molar-refractivity contribution in [3.05, 3.63) is 119 Å². The van der Waals surface area contributed by atoms with Crippen LogP contribution >= 0.6 is 0 Å². The molecule has 0 radical (unpaired) electrons. The Morgan fingerprint density at radius 1 is 0.750 bits per heavy atom. The van der Waals surface area contributed by atoms with Crippen LogP contribution in [0.2, 0.25) is 0 Å². The van der Waals surface area contributed by atoms with Crippen LogP contribution in [0.1, 0.15) is 22.7 Å². The van der Waals surface area contributed by atoms with Gasteiger partial charge in [-0.15, -0.1) is 5.73 Å². The smallest absolute Gasteiger partial charge is 0.0583 e. The fraction of sp³-hybridized carbons (Fsp3) is 0.0870. The van der Waals surface area contributed by atoms with Gasteiger partial charge in [-0.05, 0) is 28.8 Å². The number of hydrogen-bond donors (Lipinski definition) is 1. The third-order valence-electron chi connectivity index (χ3n) is 3.84. The van der Waals surface area contributed by atoms with Crippen LogP contribution in [0.5, 0.6) is 0 Å². The molecule has 0 saturated heterocycles. The summed E-state index contributed by atoms with van der Waals surface area (Å²) in [5, 5.41) is 3.60. The van der Waals surface area contributed by atoms with Crippen molar-refractivity contribution >= 4 is 6.08 Å². The van der Waals surface area contributed by atoms with Crippen molar-refractivity contribution in [2.45, 2.75) is 12.6 Å². The SMILES string of the molecule is C(=Cc1ccccc1)=CC(NCc1ccccc1)c1ccccc1. The zero-order valence-electron chi connectivity index (χ0n) is 13.6. The van der Waals surface area contributed by atoms with E-state index >= 15 is 0 Å². The maximum absolute atomic E-state index is 3.60. The summed E-state index contributed by atoms with van der Waals surface area (Å²) < 4.78 is 0. The second kappa shape index (κ2) is 8.69. The Morgan fingerprint density at radius 3 is 2.00 bits per heavy atom. The van der Waals surface area contributed by atoms with Crippen molar-refractivity contribution < 1.29 is 0 Å². The molecule has 1 N–H and O–H groups in total. The molecule has 1 heteroatoms. The van der Waals surface area contributed by atoms with Gasteiger partial charge in [0.05, 0.1) is 6.04 Å². The van der Waals surface area contributed by atoms with Crippen LogP contribution in [0, 0.1) is 0 Å². The van der Waals surface area contributed by atoms with E-state index in [9.17, 15) is 0 Å². The van der Waals surface area contributed by atoms with Gasteiger partial charge in [-0.25, -0.2) is 0 Å². The molecule has 0 fully saturated rings. The van der Waals surface area contributed by atoms with Gasteiger partial charge in [-0.2, -0.15) is 0 Å². The van der Waals surface area contributed by atoms with Crippen LogP contribution in [0.3, 0.4) is 0 Å². The Bertz CT molecular complexity index is 785. The Kier molecular flexibility index (Phi) is 5.80. The minimum atomic E-state index is 0.131. The fourth-order valence-corrected chi connectivity index (χ4v) is 2.55. The van der Waals surface area contributed by atoms with Gasteiger partial charge in [-0.3, -0.25) is 0 Å². The predicted octanol–water partition coefficient (Wildman–Crippen LogP) is 5.39. The largest absolute Gasteiger partial charge is 0.302 e. The number of nitrogens with one attached hydrogen (secondary N) is 1. The van der Waals surface area contributed by atoms with Crippen LogP contribution < -0.4 is 5.32 Å². The topological polar surface area (TPSA) is 12.0 Å². The molecule has 3 aromatic rings. The van der Waals surface area contributed by atoms with Gasteiger partial charge in [0, 0.05) is 6.54 Å². The molecule has 0 amide bonds. The van der Waals surface area contributed by atoms with Crippen LogP contribution in [-0.4, -0.2) is 0 Å². The molecule has 0 spiro atoms. The monoisotopic (exact) mass is 311 g/mol. The van der Waals surface area contributed by atoms with E-state index in [1.807, 2.05) is 36.4 Å². The maximum Gasteiger partial charge on any atom is 0.0583 e. The molecule has 0 heterocycles. The predicted molar refractivity (Wildman–Crippen MR) is 101 cm³/mol. The fourth-order valence-electron chi connectivity index (χ4n) is 2.55. The zero-order chi connectivity index (χ0) is 16.5. The average molecular weight is 311 g/mol. The van der Waals surface area contributed by atoms with Gasteiger partial charge in [-0.1, -0.05) is 91.0 Å². The van der Waals surface area contributed by atoms with Gasteiger partial charge >= 0.3 is 0 Å². The van der Waals surface area contributed by atoms with E-state index in [-0.39, 0.29) is 6.04 Å². The van der Waals surface area contributed by atoms with Crippen molar-refractivity contribution in [1.29, 1.82) is 0 Å². The molecule has 0 aromatic heterocycles. The van der Waals surface area contributed by atoms with Crippen LogP contribution in [0.15, 0.2) is 103 Å². The molecule has 1 atom stereocenters. The number of benzene rings is 3. The van der Waals surface area contributed by atoms with Gasteiger partial charge in [0.2, 0.25) is 0 Å². The second-order valence-corrected chi connectivity index (χ2v) is 5.64. The Hall–Kier alpha value is -2.86. The van der Waals surface area contributed by atoms with Crippen LogP contribution in [-0.2, 0) is 6.54 Å². The molecule has 0 aliphatic rings. The van der Waals surface area contributed by atoms with Gasteiger partial charge in [0.15, 0.2) is 0 Å². The quantitative estimate of drug-likeness (QED) is 0.602. The highest BCUT2D eigenvalue weighted by atomic mass is 14.9. The van der Waals surface area contributed by atoms with E-state index < -0.39 is 0 Å². The molecular weight excluding hydrogens is 290 g/mol. The highest BCUT2D eigenvalue weighted by molar-refractivity contribution is 5.48. The molecule has 24 heavy (non-hydrogen) atoms. The molecule has 0 bridgehead atoms. The second-order valence-electron chi connectivity index (χ2n) is 5.64. The summed E-state index contributed by atoms with van der Waals surface area (Å²) >= 11 is 0. The maximum atomic E-state index is 3.60. The molecule has 1 nitrogen and oxygen atoms in total. The molecule has 0 saturated carbocycles. The molecule has 118 valence electrons. The van der Waals surface area contributed by atoms with E-state index in [1.165, 1.54) is 11.1 Å². The summed E-state index contributed by atoms with van der Waals surface area (Å²) in [7, 11) is 0. The summed E-state index contributed by atoms with van der Waals surface area (Å²) in [6.07, 6.45) is 4.10. The first-order valence-electron chi connectivity index (χ1n) is 8.22. The summed E-state index contributed by atoms with van der Waals surface area (Å²) in [6.45, 7) is 0.823. The Labute approximate surface area is 144 Å². The molecule has 0 aliphatic carbocycles. The number of hydrogen-bond acceptors (Lipinski definition) is 1. The Balaban J connectivity index is 1.76. The van der Waals surface area contributed by atoms with Gasteiger partial charge in [0.25, 0.3) is 0 Å². The minimum absolute atomic E-state index is 0.131. The molecule has 0 aliphatic heterocycles. The number of rotatable bonds is 6. The van der Waals surface area contributed by atoms with Crippen molar-refractivity contribution in [2.75, 3.05) is 0 Å². The van der Waals surface area contributed by atoms with Crippen molar-refractivity contribution in [2.24, 2.45) is 0 Å². The zero-order valence-corrected chi connectivity index (χ0v) is 13.6. The standard InChI is InChI=1S/C23H21N/c1-4-11-20(12-5-1)15-10-18-23(22-16-8-3-9-17-22)24-19-21-13-6-2-7-14-21/h1-9,11-18,23-24H,19H2. The van der Waals surface area contributed by atoms with E-state index in [4.69, 9.17) is 0 Å². The van der Waals surface area contributed by atoms with E-state index in [2.05, 4.69) is 77.8 Å². The summed E-state index contributed by atoms with van der Waals surface area (Å²) in [5.41, 5.74) is 7.00. The lowest BCUT2D eigenvalue weighted by molar-refractivity contribution is 0.621. The normalized spacial score (nSPS) is 11.3. The van der Waals surface area contributed by atoms with Crippen LogP contribution in [0.25, 0.3) is 6.08 Å². The Morgan fingerprint density at radius 2 is 1.33 bits per heavy atom. The lowest BCUT2D eigenvalue weighted by Crippen LogP contribution is -2.18. The van der Waals surface area contributed by atoms with E-state index in [1.54, 1.807) is 0 Å². The first kappa shape index (κ1) is 16.0. The summed E-state index contributed by atoms with van der Waals surface area (Å²) in [6, 6.07) is 31.3. The van der Waals surface area contributed by atoms with E-state index in [0.717, 1.165) is 12.1 Å². The molecular formula is C23H21N. The van der Waals surface area contributed by atoms with Gasteiger partial charge < -0.3 is 5.32 Å². The molecule has 3 rings (SSSR count). The average Bonchev–Trinajstić information content (AvgIpc) is 2.67. The summed E-state index contributed by atoms with van der Waals surface area (Å²) in [5.74, 6) is 0. The highest BCUT2D eigenvalue weighted by Gasteiger charge is 2.06.